The molecule has 3 N–H and O–H groups in total. The van der Waals surface area contributed by atoms with Gasteiger partial charge in [0.15, 0.2) is 0 Å². The van der Waals surface area contributed by atoms with Crippen molar-refractivity contribution in [3.8, 4) is 0 Å². The molecule has 2 rings (SSSR count). The van der Waals surface area contributed by atoms with Gasteiger partial charge in [0.2, 0.25) is 6.41 Å². The third-order valence-electron chi connectivity index (χ3n) is 4.38. The van der Waals surface area contributed by atoms with Gasteiger partial charge in [0, 0.05) is 25.1 Å². The van der Waals surface area contributed by atoms with Gasteiger partial charge < -0.3 is 20.1 Å². The fraction of sp³-hybridized carbons (Fsp3) is 0.550. The summed E-state index contributed by atoms with van der Waals surface area (Å²) in [6, 6.07) is 8.00. The number of aryl methyl sites for hydroxylation is 1. The lowest BCUT2D eigenvalue weighted by atomic mass is 10.0. The van der Waals surface area contributed by atoms with E-state index in [0.717, 1.165) is 17.1 Å². The van der Waals surface area contributed by atoms with Crippen LogP contribution in [0.1, 0.15) is 24.0 Å². The molecule has 1 aliphatic heterocycles. The lowest BCUT2D eigenvalue weighted by molar-refractivity contribution is -0.137. The number of rotatable bonds is 11. The van der Waals surface area contributed by atoms with E-state index in [2.05, 4.69) is 6.07 Å². The molecule has 0 saturated carbocycles. The first kappa shape index (κ1) is 21.9. The first-order chi connectivity index (χ1) is 13.0. The Morgan fingerprint density at radius 2 is 2.26 bits per heavy atom. The van der Waals surface area contributed by atoms with Gasteiger partial charge in [0.05, 0.1) is 18.8 Å². The molecular weight excluding hydrogens is 366 g/mol. The van der Waals surface area contributed by atoms with E-state index in [-0.39, 0.29) is 12.5 Å². The number of benzene rings is 1. The summed E-state index contributed by atoms with van der Waals surface area (Å²) in [7, 11) is 0. The van der Waals surface area contributed by atoms with Gasteiger partial charge in [-0.2, -0.15) is 11.8 Å². The van der Waals surface area contributed by atoms with Gasteiger partial charge in [-0.25, -0.2) is 4.90 Å². The van der Waals surface area contributed by atoms with Crippen molar-refractivity contribution in [1.82, 2.24) is 4.90 Å². The number of ether oxygens (including phenoxy) is 1. The molecule has 0 amide bonds. The van der Waals surface area contributed by atoms with Crippen LogP contribution < -0.4 is 0 Å². The van der Waals surface area contributed by atoms with E-state index in [9.17, 15) is 15.0 Å². The number of aliphatic hydroxyl groups excluding tert-OH is 2. The summed E-state index contributed by atoms with van der Waals surface area (Å²) in [6.45, 7) is 3.06. The van der Waals surface area contributed by atoms with Crippen LogP contribution >= 0.6 is 11.8 Å². The van der Waals surface area contributed by atoms with Crippen LogP contribution in [0.4, 0.5) is 0 Å². The molecule has 0 bridgehead atoms. The second-order valence-corrected chi connectivity index (χ2v) is 7.94. The van der Waals surface area contributed by atoms with Crippen LogP contribution in [0.5, 0.6) is 0 Å². The second kappa shape index (κ2) is 11.5. The zero-order chi connectivity index (χ0) is 19.6. The minimum absolute atomic E-state index is 0.0771. The van der Waals surface area contributed by atoms with Crippen molar-refractivity contribution in [1.29, 1.82) is 0 Å². The highest BCUT2D eigenvalue weighted by Gasteiger charge is 2.30. The lowest BCUT2D eigenvalue weighted by Crippen LogP contribution is -2.37. The molecule has 0 aromatic heterocycles. The van der Waals surface area contributed by atoms with Crippen molar-refractivity contribution in [3.63, 3.8) is 0 Å². The van der Waals surface area contributed by atoms with Gasteiger partial charge in [0.1, 0.15) is 0 Å². The Hall–Kier alpha value is -1.38. The van der Waals surface area contributed by atoms with Crippen molar-refractivity contribution in [2.45, 2.75) is 44.7 Å². The average molecular weight is 396 g/mol. The molecule has 1 aromatic rings. The molecule has 1 aromatic carbocycles. The maximum Gasteiger partial charge on any atom is 0.303 e. The zero-order valence-corrected chi connectivity index (χ0v) is 16.5. The monoisotopic (exact) mass is 395 g/mol. The topological polar surface area (TPSA) is 90.2 Å². The Bertz CT molecular complexity index is 624. The molecule has 3 unspecified atom stereocenters. The summed E-state index contributed by atoms with van der Waals surface area (Å²) in [4.78, 5) is 12.3. The quantitative estimate of drug-likeness (QED) is 0.390. The number of thioether (sulfide) groups is 1. The van der Waals surface area contributed by atoms with E-state index in [1.165, 1.54) is 5.56 Å². The average Bonchev–Trinajstić information content (AvgIpc) is 2.96. The largest absolute Gasteiger partial charge is 0.481 e. The van der Waals surface area contributed by atoms with Crippen molar-refractivity contribution >= 4 is 17.7 Å². The Kier molecular flexibility index (Phi) is 9.30. The van der Waals surface area contributed by atoms with Crippen LogP contribution in [-0.4, -0.2) is 69.4 Å². The Balaban J connectivity index is 1.76. The molecule has 3 atom stereocenters. The Morgan fingerprint density at radius 3 is 3.00 bits per heavy atom. The predicted octanol–water partition coefficient (Wildman–Crippen LogP) is 2.03. The van der Waals surface area contributed by atoms with E-state index < -0.39 is 18.5 Å². The van der Waals surface area contributed by atoms with Crippen LogP contribution in [0.2, 0.25) is 0 Å². The molecule has 0 aliphatic carbocycles. The van der Waals surface area contributed by atoms with Crippen LogP contribution in [0.15, 0.2) is 36.4 Å². The zero-order valence-electron chi connectivity index (χ0n) is 15.7. The molecule has 0 radical (unpaired) electrons. The third kappa shape index (κ3) is 8.02. The van der Waals surface area contributed by atoms with Gasteiger partial charge in [0.25, 0.3) is 0 Å². The first-order valence-corrected chi connectivity index (χ1v) is 10.4. The van der Waals surface area contributed by atoms with E-state index in [0.29, 0.717) is 26.0 Å². The summed E-state index contributed by atoms with van der Waals surface area (Å²) in [5.74, 6) is 0.802. The van der Waals surface area contributed by atoms with Gasteiger partial charge in [-0.1, -0.05) is 42.0 Å². The van der Waals surface area contributed by atoms with Crippen LogP contribution in [0.25, 0.3) is 0 Å². The summed E-state index contributed by atoms with van der Waals surface area (Å²) in [6.07, 6.45) is 3.52. The van der Waals surface area contributed by atoms with E-state index >= 15 is 0 Å². The van der Waals surface area contributed by atoms with Crippen molar-refractivity contribution in [2.24, 2.45) is 0 Å². The molecule has 7 heteroatoms. The molecule has 27 heavy (non-hydrogen) atoms. The molecule has 1 fully saturated rings. The Morgan fingerprint density at radius 1 is 1.44 bits per heavy atom. The minimum Gasteiger partial charge on any atom is -0.481 e. The highest BCUT2D eigenvalue weighted by Crippen LogP contribution is 2.18. The van der Waals surface area contributed by atoms with Gasteiger partial charge >= 0.3 is 5.97 Å². The number of carboxylic acids is 1. The summed E-state index contributed by atoms with van der Waals surface area (Å²) in [5.41, 5.74) is 2.26. The molecule has 1 aliphatic rings. The number of carbonyl (C=O) groups is 1. The van der Waals surface area contributed by atoms with Gasteiger partial charge in [-0.05, 0) is 24.7 Å². The lowest BCUT2D eigenvalue weighted by Gasteiger charge is -2.22. The normalized spacial score (nSPS) is 21.7. The third-order valence-corrected chi connectivity index (χ3v) is 5.43. The molecular formula is C20H29NO5S. The van der Waals surface area contributed by atoms with Crippen molar-refractivity contribution in [2.75, 3.05) is 24.7 Å². The molecule has 0 spiro atoms. The fourth-order valence-electron chi connectivity index (χ4n) is 2.98. The number of nitrogens with zero attached hydrogens (tertiary/aromatic N) is 1. The van der Waals surface area contributed by atoms with E-state index in [1.54, 1.807) is 17.8 Å². The summed E-state index contributed by atoms with van der Waals surface area (Å²) < 4.78 is 5.32. The number of aliphatic hydroxyl groups is 2. The molecule has 6 nitrogen and oxygen atoms in total. The van der Waals surface area contributed by atoms with Gasteiger partial charge in [-0.15, -0.1) is 0 Å². The standard InChI is InChI=1S/C20H29NO5S/c1-15-4-2-5-16(12-15)13-18(22)8-7-17-14-26-20(25)21(17)9-11-27-10-3-6-19(23)24/h2,4-5,7-8,12,17-18,20,22,25H,3,6,9-11,13-14H2,1H3,(H,23,24). The molecule has 1 saturated heterocycles. The SMILES string of the molecule is Cc1cccc(CC(O)C=CC2COC(O)N2CCSCCCC(=O)O)c1. The smallest absolute Gasteiger partial charge is 0.303 e. The van der Waals surface area contributed by atoms with Gasteiger partial charge in [-0.3, -0.25) is 4.79 Å². The highest BCUT2D eigenvalue weighted by molar-refractivity contribution is 7.99. The van der Waals surface area contributed by atoms with Crippen LogP contribution in [0.3, 0.4) is 0 Å². The highest BCUT2D eigenvalue weighted by atomic mass is 32.2. The number of carboxylic acid groups (broad SMARTS) is 1. The van der Waals surface area contributed by atoms with E-state index in [1.807, 2.05) is 36.1 Å². The number of hydrogen-bond acceptors (Lipinski definition) is 6. The maximum atomic E-state index is 10.5. The summed E-state index contributed by atoms with van der Waals surface area (Å²) >= 11 is 1.67. The fourth-order valence-corrected chi connectivity index (χ4v) is 3.88. The first-order valence-electron chi connectivity index (χ1n) is 9.22. The Labute approximate surface area is 164 Å². The molecule has 150 valence electrons. The van der Waals surface area contributed by atoms with E-state index in [4.69, 9.17) is 9.84 Å². The number of hydrogen-bond donors (Lipinski definition) is 3. The molecule has 1 heterocycles. The second-order valence-electron chi connectivity index (χ2n) is 6.72. The maximum absolute atomic E-state index is 10.5. The van der Waals surface area contributed by atoms with Crippen molar-refractivity contribution < 1.29 is 24.9 Å². The van der Waals surface area contributed by atoms with Crippen LogP contribution in [0, 0.1) is 6.92 Å². The minimum atomic E-state index is -0.937. The van der Waals surface area contributed by atoms with Crippen LogP contribution in [-0.2, 0) is 16.0 Å². The summed E-state index contributed by atoms with van der Waals surface area (Å²) in [5, 5.41) is 28.9. The number of aliphatic carboxylic acids is 1. The predicted molar refractivity (Wildman–Crippen MR) is 107 cm³/mol. The van der Waals surface area contributed by atoms with Crippen molar-refractivity contribution in [3.05, 3.63) is 47.5 Å².